The van der Waals surface area contributed by atoms with Gasteiger partial charge in [-0.1, -0.05) is 18.0 Å². The molecule has 2 bridgehead atoms. The van der Waals surface area contributed by atoms with Crippen LogP contribution < -0.4 is 5.32 Å². The lowest BCUT2D eigenvalue weighted by molar-refractivity contribution is 0.0463. The number of rotatable bonds is 2. The van der Waals surface area contributed by atoms with Crippen LogP contribution in [0.15, 0.2) is 22.7 Å². The van der Waals surface area contributed by atoms with Gasteiger partial charge in [0.1, 0.15) is 0 Å². The molecule has 2 aliphatic heterocycles. The summed E-state index contributed by atoms with van der Waals surface area (Å²) in [5.41, 5.74) is 0.656. The summed E-state index contributed by atoms with van der Waals surface area (Å²) in [5.74, 6) is -0.00818. The van der Waals surface area contributed by atoms with Gasteiger partial charge in [0.25, 0.3) is 5.91 Å². The monoisotopic (exact) mass is 370 g/mol. The van der Waals surface area contributed by atoms with Crippen LogP contribution in [0, 0.1) is 0 Å². The second-order valence-corrected chi connectivity index (χ2v) is 7.46. The molecule has 1 N–H and O–H groups in total. The Labute approximate surface area is 139 Å². The Kier molecular flexibility index (Phi) is 4.57. The quantitative estimate of drug-likeness (QED) is 0.856. The minimum absolute atomic E-state index is 0.00818. The highest BCUT2D eigenvalue weighted by molar-refractivity contribution is 9.10. The number of benzene rings is 1. The Hall–Kier alpha value is -0.580. The standard InChI is InChI=1S/C16H20BrClN2O/c1-20-12-3-2-4-13(20)9-11(8-12)19-16(21)14-6-5-10(18)7-15(14)17/h5-7,11-13H,2-4,8-9H2,1H3,(H,19,21). The lowest BCUT2D eigenvalue weighted by atomic mass is 9.82. The van der Waals surface area contributed by atoms with Gasteiger partial charge in [-0.3, -0.25) is 4.79 Å². The molecule has 2 aliphatic rings. The van der Waals surface area contributed by atoms with Crippen molar-refractivity contribution in [1.29, 1.82) is 0 Å². The van der Waals surface area contributed by atoms with Crippen molar-refractivity contribution in [3.8, 4) is 0 Å². The van der Waals surface area contributed by atoms with E-state index in [1.165, 1.54) is 19.3 Å². The Morgan fingerprint density at radius 2 is 2.00 bits per heavy atom. The molecular formula is C16H20BrClN2O. The maximum Gasteiger partial charge on any atom is 0.252 e. The molecule has 0 saturated carbocycles. The molecule has 21 heavy (non-hydrogen) atoms. The van der Waals surface area contributed by atoms with Gasteiger partial charge in [0.05, 0.1) is 5.56 Å². The number of hydrogen-bond acceptors (Lipinski definition) is 2. The van der Waals surface area contributed by atoms with E-state index in [2.05, 4.69) is 33.2 Å². The Bertz CT molecular complexity index is 537. The fourth-order valence-electron chi connectivity index (χ4n) is 3.67. The molecule has 2 unspecified atom stereocenters. The molecule has 114 valence electrons. The first-order valence-corrected chi connectivity index (χ1v) is 8.69. The summed E-state index contributed by atoms with van der Waals surface area (Å²) in [6.45, 7) is 0. The molecule has 1 amide bonds. The number of piperidine rings is 2. The summed E-state index contributed by atoms with van der Waals surface area (Å²) in [4.78, 5) is 15.0. The maximum atomic E-state index is 12.4. The molecule has 3 nitrogen and oxygen atoms in total. The summed E-state index contributed by atoms with van der Waals surface area (Å²) >= 11 is 9.34. The van der Waals surface area contributed by atoms with E-state index in [0.717, 1.165) is 17.3 Å². The summed E-state index contributed by atoms with van der Waals surface area (Å²) in [6, 6.07) is 6.82. The first kappa shape index (κ1) is 15.3. The molecule has 2 saturated heterocycles. The molecule has 2 heterocycles. The van der Waals surface area contributed by atoms with Gasteiger partial charge in [-0.05, 0) is 66.9 Å². The second kappa shape index (κ2) is 6.27. The van der Waals surface area contributed by atoms with E-state index in [4.69, 9.17) is 11.6 Å². The highest BCUT2D eigenvalue weighted by Crippen LogP contribution is 2.33. The average Bonchev–Trinajstić information content (AvgIpc) is 2.39. The molecule has 2 fully saturated rings. The van der Waals surface area contributed by atoms with Crippen molar-refractivity contribution >= 4 is 33.4 Å². The summed E-state index contributed by atoms with van der Waals surface area (Å²) < 4.78 is 0.751. The van der Waals surface area contributed by atoms with Crippen LogP contribution in [-0.2, 0) is 0 Å². The number of carbonyl (C=O) groups excluding carboxylic acids is 1. The van der Waals surface area contributed by atoms with Gasteiger partial charge in [-0.15, -0.1) is 0 Å². The fraction of sp³-hybridized carbons (Fsp3) is 0.562. The van der Waals surface area contributed by atoms with Crippen LogP contribution in [0.5, 0.6) is 0 Å². The van der Waals surface area contributed by atoms with Crippen molar-refractivity contribution in [2.24, 2.45) is 0 Å². The van der Waals surface area contributed by atoms with Crippen molar-refractivity contribution < 1.29 is 4.79 Å². The Balaban J connectivity index is 1.68. The minimum Gasteiger partial charge on any atom is -0.349 e. The normalized spacial score (nSPS) is 29.2. The SMILES string of the molecule is CN1C2CCCC1CC(NC(=O)c1ccc(Cl)cc1Br)C2. The molecule has 0 aliphatic carbocycles. The highest BCUT2D eigenvalue weighted by atomic mass is 79.9. The molecule has 0 radical (unpaired) electrons. The highest BCUT2D eigenvalue weighted by Gasteiger charge is 2.36. The van der Waals surface area contributed by atoms with Crippen LogP contribution in [0.1, 0.15) is 42.5 Å². The lowest BCUT2D eigenvalue weighted by Gasteiger charge is -2.47. The van der Waals surface area contributed by atoms with Gasteiger partial charge < -0.3 is 10.2 Å². The Morgan fingerprint density at radius 3 is 2.62 bits per heavy atom. The third kappa shape index (κ3) is 3.27. The zero-order valence-corrected chi connectivity index (χ0v) is 14.5. The minimum atomic E-state index is -0.00818. The third-order valence-electron chi connectivity index (χ3n) is 4.85. The first-order chi connectivity index (χ1) is 10.0. The van der Waals surface area contributed by atoms with Crippen LogP contribution in [0.4, 0.5) is 0 Å². The van der Waals surface area contributed by atoms with E-state index in [1.807, 2.05) is 0 Å². The van der Waals surface area contributed by atoms with Crippen molar-refractivity contribution in [2.45, 2.75) is 50.2 Å². The van der Waals surface area contributed by atoms with Gasteiger partial charge in [0.2, 0.25) is 0 Å². The Morgan fingerprint density at radius 1 is 1.33 bits per heavy atom. The molecular weight excluding hydrogens is 352 g/mol. The largest absolute Gasteiger partial charge is 0.349 e. The smallest absolute Gasteiger partial charge is 0.252 e. The van der Waals surface area contributed by atoms with Gasteiger partial charge >= 0.3 is 0 Å². The maximum absolute atomic E-state index is 12.4. The van der Waals surface area contributed by atoms with E-state index < -0.39 is 0 Å². The zero-order valence-electron chi connectivity index (χ0n) is 12.1. The van der Waals surface area contributed by atoms with Crippen LogP contribution >= 0.6 is 27.5 Å². The fourth-order valence-corrected chi connectivity index (χ4v) is 4.53. The predicted molar refractivity (Wildman–Crippen MR) is 88.8 cm³/mol. The lowest BCUT2D eigenvalue weighted by Crippen LogP contribution is -2.55. The van der Waals surface area contributed by atoms with Crippen molar-refractivity contribution in [1.82, 2.24) is 10.2 Å². The number of halogens is 2. The van der Waals surface area contributed by atoms with Gasteiger partial charge in [-0.25, -0.2) is 0 Å². The number of fused-ring (bicyclic) bond motifs is 2. The van der Waals surface area contributed by atoms with Gasteiger partial charge in [-0.2, -0.15) is 0 Å². The van der Waals surface area contributed by atoms with Gasteiger partial charge in [0.15, 0.2) is 0 Å². The summed E-state index contributed by atoms with van der Waals surface area (Å²) in [5, 5.41) is 3.84. The van der Waals surface area contributed by atoms with Crippen LogP contribution in [0.3, 0.4) is 0 Å². The first-order valence-electron chi connectivity index (χ1n) is 7.52. The van der Waals surface area contributed by atoms with Crippen molar-refractivity contribution in [2.75, 3.05) is 7.05 Å². The van der Waals surface area contributed by atoms with Crippen LogP contribution in [-0.4, -0.2) is 36.0 Å². The third-order valence-corrected chi connectivity index (χ3v) is 5.74. The second-order valence-electron chi connectivity index (χ2n) is 6.17. The number of nitrogens with one attached hydrogen (secondary N) is 1. The predicted octanol–water partition coefficient (Wildman–Crippen LogP) is 3.85. The molecule has 0 aromatic heterocycles. The topological polar surface area (TPSA) is 32.3 Å². The number of amides is 1. The van der Waals surface area contributed by atoms with E-state index >= 15 is 0 Å². The molecule has 5 heteroatoms. The average molecular weight is 372 g/mol. The molecule has 1 aromatic rings. The summed E-state index contributed by atoms with van der Waals surface area (Å²) in [6.07, 6.45) is 5.95. The molecule has 1 aromatic carbocycles. The number of nitrogens with zero attached hydrogens (tertiary/aromatic N) is 1. The van der Waals surface area contributed by atoms with Crippen molar-refractivity contribution in [3.63, 3.8) is 0 Å². The number of carbonyl (C=O) groups is 1. The van der Waals surface area contributed by atoms with E-state index in [0.29, 0.717) is 22.7 Å². The van der Waals surface area contributed by atoms with Gasteiger partial charge in [0, 0.05) is 27.6 Å². The molecule has 0 spiro atoms. The molecule has 3 rings (SSSR count). The number of hydrogen-bond donors (Lipinski definition) is 1. The van der Waals surface area contributed by atoms with Crippen LogP contribution in [0.2, 0.25) is 5.02 Å². The van der Waals surface area contributed by atoms with Crippen LogP contribution in [0.25, 0.3) is 0 Å². The van der Waals surface area contributed by atoms with Crippen molar-refractivity contribution in [3.05, 3.63) is 33.3 Å². The zero-order chi connectivity index (χ0) is 15.0. The molecule has 2 atom stereocenters. The summed E-state index contributed by atoms with van der Waals surface area (Å²) in [7, 11) is 2.22. The van der Waals surface area contributed by atoms with E-state index in [1.54, 1.807) is 18.2 Å². The van der Waals surface area contributed by atoms with E-state index in [9.17, 15) is 4.79 Å². The van der Waals surface area contributed by atoms with E-state index in [-0.39, 0.29) is 11.9 Å².